The minimum Gasteiger partial charge on any atom is -0.207 e. The zero-order valence-corrected chi connectivity index (χ0v) is 9.94. The van der Waals surface area contributed by atoms with Gasteiger partial charge < -0.3 is 0 Å². The Morgan fingerprint density at radius 2 is 1.81 bits per heavy atom. The van der Waals surface area contributed by atoms with Crippen molar-refractivity contribution < 1.29 is 8.78 Å². The number of allylic oxidation sites excluding steroid dienone is 4. The molecular weight excluding hydrogens is 206 g/mol. The highest BCUT2D eigenvalue weighted by Crippen LogP contribution is 2.38. The fourth-order valence-electron chi connectivity index (χ4n) is 2.52. The molecule has 1 saturated carbocycles. The molecule has 0 radical (unpaired) electrons. The third-order valence-corrected chi connectivity index (χ3v) is 3.56. The zero-order chi connectivity index (χ0) is 12.1. The first-order chi connectivity index (χ1) is 7.60. The maximum atomic E-state index is 13.5. The van der Waals surface area contributed by atoms with Crippen LogP contribution in [0.4, 0.5) is 8.78 Å². The van der Waals surface area contributed by atoms with Crippen molar-refractivity contribution in [3.05, 3.63) is 36.5 Å². The molecule has 90 valence electrons. The van der Waals surface area contributed by atoms with E-state index < -0.39 is 11.7 Å². The molecule has 0 aromatic heterocycles. The van der Waals surface area contributed by atoms with Gasteiger partial charge in [-0.25, -0.2) is 8.78 Å². The van der Waals surface area contributed by atoms with Gasteiger partial charge in [0.1, 0.15) is 11.7 Å². The van der Waals surface area contributed by atoms with Crippen molar-refractivity contribution in [1.82, 2.24) is 0 Å². The molecule has 1 aliphatic carbocycles. The molecule has 0 atom stereocenters. The van der Waals surface area contributed by atoms with Crippen LogP contribution in [0.1, 0.15) is 39.0 Å². The van der Waals surface area contributed by atoms with Gasteiger partial charge in [-0.05, 0) is 43.6 Å². The predicted molar refractivity (Wildman–Crippen MR) is 64.3 cm³/mol. The first-order valence-electron chi connectivity index (χ1n) is 5.97. The Morgan fingerprint density at radius 1 is 1.25 bits per heavy atom. The van der Waals surface area contributed by atoms with E-state index >= 15 is 0 Å². The Bertz CT molecular complexity index is 294. The van der Waals surface area contributed by atoms with Crippen molar-refractivity contribution in [2.75, 3.05) is 0 Å². The van der Waals surface area contributed by atoms with Gasteiger partial charge in [-0.3, -0.25) is 0 Å². The summed E-state index contributed by atoms with van der Waals surface area (Å²) in [5.74, 6) is -0.486. The molecule has 1 fully saturated rings. The van der Waals surface area contributed by atoms with Gasteiger partial charge in [0.05, 0.1) is 0 Å². The molecule has 0 unspecified atom stereocenters. The van der Waals surface area contributed by atoms with E-state index in [0.717, 1.165) is 44.1 Å². The van der Waals surface area contributed by atoms with Crippen LogP contribution in [0.2, 0.25) is 0 Å². The zero-order valence-electron chi connectivity index (χ0n) is 9.94. The minimum absolute atomic E-state index is 0.0155. The Balaban J connectivity index is 2.76. The van der Waals surface area contributed by atoms with Gasteiger partial charge in [0.15, 0.2) is 0 Å². The van der Waals surface area contributed by atoms with Gasteiger partial charge in [0.25, 0.3) is 0 Å². The maximum absolute atomic E-state index is 13.5. The molecule has 2 heteroatoms. The fourth-order valence-corrected chi connectivity index (χ4v) is 2.52. The van der Waals surface area contributed by atoms with E-state index in [2.05, 4.69) is 20.1 Å². The average Bonchev–Trinajstić information content (AvgIpc) is 2.29. The van der Waals surface area contributed by atoms with E-state index in [1.54, 1.807) is 0 Å². The number of halogens is 2. The van der Waals surface area contributed by atoms with Crippen molar-refractivity contribution >= 4 is 0 Å². The Morgan fingerprint density at radius 3 is 2.19 bits per heavy atom. The van der Waals surface area contributed by atoms with Crippen molar-refractivity contribution in [1.29, 1.82) is 0 Å². The van der Waals surface area contributed by atoms with Crippen molar-refractivity contribution in [3.63, 3.8) is 0 Å². The molecule has 1 rings (SSSR count). The molecule has 0 spiro atoms. The summed E-state index contributed by atoms with van der Waals surface area (Å²) in [7, 11) is 0. The standard InChI is InChI=1S/C14H20F2/c1-4-11-6-8-12(9-7-11)14(10(3)15)13(16)5-2/h5,11-12H,2-4,6-9H2,1H3/b14-13-. The van der Waals surface area contributed by atoms with Crippen LogP contribution >= 0.6 is 0 Å². The topological polar surface area (TPSA) is 0 Å². The summed E-state index contributed by atoms with van der Waals surface area (Å²) in [5, 5.41) is 0. The van der Waals surface area contributed by atoms with Gasteiger partial charge in [0, 0.05) is 5.57 Å². The van der Waals surface area contributed by atoms with E-state index in [9.17, 15) is 8.78 Å². The quantitative estimate of drug-likeness (QED) is 0.585. The number of rotatable bonds is 4. The predicted octanol–water partition coefficient (Wildman–Crippen LogP) is 5.10. The second-order valence-electron chi connectivity index (χ2n) is 4.50. The lowest BCUT2D eigenvalue weighted by Gasteiger charge is -2.29. The van der Waals surface area contributed by atoms with Crippen LogP contribution in [0.3, 0.4) is 0 Å². The summed E-state index contributed by atoms with van der Waals surface area (Å²) < 4.78 is 26.7. The van der Waals surface area contributed by atoms with E-state index in [4.69, 9.17) is 0 Å². The van der Waals surface area contributed by atoms with Gasteiger partial charge in [-0.1, -0.05) is 26.5 Å². The second-order valence-corrected chi connectivity index (χ2v) is 4.50. The molecule has 0 saturated heterocycles. The van der Waals surface area contributed by atoms with Crippen LogP contribution in [0.15, 0.2) is 36.5 Å². The molecule has 0 N–H and O–H groups in total. The van der Waals surface area contributed by atoms with Crippen LogP contribution < -0.4 is 0 Å². The van der Waals surface area contributed by atoms with E-state index in [1.165, 1.54) is 0 Å². The first-order valence-corrected chi connectivity index (χ1v) is 5.97. The van der Waals surface area contributed by atoms with Crippen LogP contribution in [0.25, 0.3) is 0 Å². The molecule has 0 amide bonds. The van der Waals surface area contributed by atoms with E-state index in [0.29, 0.717) is 0 Å². The van der Waals surface area contributed by atoms with Crippen LogP contribution in [-0.4, -0.2) is 0 Å². The molecule has 1 aliphatic rings. The van der Waals surface area contributed by atoms with Gasteiger partial charge >= 0.3 is 0 Å². The first kappa shape index (κ1) is 13.1. The molecule has 0 nitrogen and oxygen atoms in total. The Hall–Kier alpha value is -0.920. The summed E-state index contributed by atoms with van der Waals surface area (Å²) >= 11 is 0. The maximum Gasteiger partial charge on any atom is 0.128 e. The smallest absolute Gasteiger partial charge is 0.128 e. The van der Waals surface area contributed by atoms with Gasteiger partial charge in [0.2, 0.25) is 0 Å². The largest absolute Gasteiger partial charge is 0.207 e. The Labute approximate surface area is 96.7 Å². The van der Waals surface area contributed by atoms with Crippen LogP contribution in [0, 0.1) is 11.8 Å². The van der Waals surface area contributed by atoms with Crippen molar-refractivity contribution in [2.24, 2.45) is 11.8 Å². The number of hydrogen-bond acceptors (Lipinski definition) is 0. The highest BCUT2D eigenvalue weighted by Gasteiger charge is 2.26. The summed E-state index contributed by atoms with van der Waals surface area (Å²) in [6, 6.07) is 0. The lowest BCUT2D eigenvalue weighted by Crippen LogP contribution is -2.16. The highest BCUT2D eigenvalue weighted by atomic mass is 19.1. The lowest BCUT2D eigenvalue weighted by molar-refractivity contribution is 0.289. The summed E-state index contributed by atoms with van der Waals surface area (Å²) in [4.78, 5) is 0. The second kappa shape index (κ2) is 5.97. The third-order valence-electron chi connectivity index (χ3n) is 3.56. The molecule has 0 aromatic carbocycles. The normalized spacial score (nSPS) is 27.2. The Kier molecular flexibility index (Phi) is 4.91. The molecule has 16 heavy (non-hydrogen) atoms. The van der Waals surface area contributed by atoms with Crippen LogP contribution in [0.5, 0.6) is 0 Å². The molecule has 0 bridgehead atoms. The molecule has 0 aromatic rings. The van der Waals surface area contributed by atoms with Crippen molar-refractivity contribution in [2.45, 2.75) is 39.0 Å². The monoisotopic (exact) mass is 226 g/mol. The van der Waals surface area contributed by atoms with Gasteiger partial charge in [-0.2, -0.15) is 0 Å². The summed E-state index contributed by atoms with van der Waals surface area (Å²) in [6.07, 6.45) is 6.07. The lowest BCUT2D eigenvalue weighted by atomic mass is 9.77. The molecule has 0 aliphatic heterocycles. The molecule has 0 heterocycles. The third kappa shape index (κ3) is 3.03. The highest BCUT2D eigenvalue weighted by molar-refractivity contribution is 5.33. The van der Waals surface area contributed by atoms with E-state index in [-0.39, 0.29) is 11.5 Å². The SMILES string of the molecule is C=C/C(F)=C(\C(=C)F)C1CCC(CC)CC1. The summed E-state index contributed by atoms with van der Waals surface area (Å²) in [5.41, 5.74) is 0.143. The molecular formula is C14H20F2. The van der Waals surface area contributed by atoms with Gasteiger partial charge in [-0.15, -0.1) is 0 Å². The van der Waals surface area contributed by atoms with Crippen molar-refractivity contribution in [3.8, 4) is 0 Å². The summed E-state index contributed by atoms with van der Waals surface area (Å²) in [6.45, 7) is 8.74. The van der Waals surface area contributed by atoms with Crippen LogP contribution in [-0.2, 0) is 0 Å². The average molecular weight is 226 g/mol. The minimum atomic E-state index is -0.641. The van der Waals surface area contributed by atoms with E-state index in [1.807, 2.05) is 0 Å². The fraction of sp³-hybridized carbons (Fsp3) is 0.571. The number of hydrogen-bond donors (Lipinski definition) is 0.